The van der Waals surface area contributed by atoms with Crippen LogP contribution in [0.5, 0.6) is 0 Å². The third kappa shape index (κ3) is 4.85. The standard InChI is InChI=1S/C24H30FN5O2/c1-28(2)22-16-29(15-20(22)25)18-10-12-19(13-11-18)30-14-6-9-21(23(30)31)27-24(32)26-17-7-4-3-5-8-17/h3-5,7-8,10-13,20-22H,6,9,14-16H2,1-2H3,(H2,26,27,32)/t20?,21-,22?/m1/s1. The summed E-state index contributed by atoms with van der Waals surface area (Å²) >= 11 is 0. The quantitative estimate of drug-likeness (QED) is 0.751. The van der Waals surface area contributed by atoms with Crippen molar-refractivity contribution in [2.75, 3.05) is 48.8 Å². The Hall–Kier alpha value is -3.13. The van der Waals surface area contributed by atoms with Crippen molar-refractivity contribution in [3.63, 3.8) is 0 Å². The van der Waals surface area contributed by atoms with E-state index < -0.39 is 18.2 Å². The van der Waals surface area contributed by atoms with Gasteiger partial charge in [0.15, 0.2) is 0 Å². The normalized spacial score (nSPS) is 23.5. The lowest BCUT2D eigenvalue weighted by Crippen LogP contribution is -2.53. The molecule has 2 unspecified atom stereocenters. The van der Waals surface area contributed by atoms with Gasteiger partial charge in [-0.1, -0.05) is 18.2 Å². The number of likely N-dealkylation sites (N-methyl/N-ethyl adjacent to an activating group) is 1. The first-order chi connectivity index (χ1) is 15.4. The van der Waals surface area contributed by atoms with Crippen LogP contribution in [0.4, 0.5) is 26.2 Å². The minimum Gasteiger partial charge on any atom is -0.367 e. The van der Waals surface area contributed by atoms with Crippen LogP contribution < -0.4 is 20.4 Å². The Balaban J connectivity index is 1.38. The van der Waals surface area contributed by atoms with Gasteiger partial charge in [0.1, 0.15) is 12.2 Å². The molecule has 170 valence electrons. The van der Waals surface area contributed by atoms with E-state index in [-0.39, 0.29) is 11.9 Å². The molecular formula is C24H30FN5O2. The van der Waals surface area contributed by atoms with Crippen molar-refractivity contribution in [3.05, 3.63) is 54.6 Å². The van der Waals surface area contributed by atoms with Crippen molar-refractivity contribution >= 4 is 29.0 Å². The molecule has 2 fully saturated rings. The fraction of sp³-hybridized carbons (Fsp3) is 0.417. The van der Waals surface area contributed by atoms with Crippen LogP contribution >= 0.6 is 0 Å². The van der Waals surface area contributed by atoms with Crippen LogP contribution in [0, 0.1) is 0 Å². The van der Waals surface area contributed by atoms with Crippen LogP contribution in [0.15, 0.2) is 54.6 Å². The zero-order chi connectivity index (χ0) is 22.7. The van der Waals surface area contributed by atoms with Crippen LogP contribution in [0.2, 0.25) is 0 Å². The molecule has 2 aliphatic heterocycles. The zero-order valence-corrected chi connectivity index (χ0v) is 18.5. The van der Waals surface area contributed by atoms with E-state index in [4.69, 9.17) is 0 Å². The summed E-state index contributed by atoms with van der Waals surface area (Å²) in [6, 6.07) is 15.7. The van der Waals surface area contributed by atoms with Gasteiger partial charge in [0.05, 0.1) is 12.6 Å². The van der Waals surface area contributed by atoms with Gasteiger partial charge in [-0.25, -0.2) is 9.18 Å². The molecule has 2 aromatic carbocycles. The van der Waals surface area contributed by atoms with Gasteiger partial charge in [-0.05, 0) is 63.3 Å². The van der Waals surface area contributed by atoms with Gasteiger partial charge in [-0.2, -0.15) is 0 Å². The van der Waals surface area contributed by atoms with Crippen LogP contribution in [-0.2, 0) is 4.79 Å². The maximum Gasteiger partial charge on any atom is 0.319 e. The summed E-state index contributed by atoms with van der Waals surface area (Å²) in [6.45, 7) is 1.61. The Bertz CT molecular complexity index is 937. The highest BCUT2D eigenvalue weighted by atomic mass is 19.1. The average molecular weight is 440 g/mol. The van der Waals surface area contributed by atoms with Crippen LogP contribution in [-0.4, -0.2) is 68.8 Å². The largest absolute Gasteiger partial charge is 0.367 e. The summed E-state index contributed by atoms with van der Waals surface area (Å²) in [5.41, 5.74) is 2.41. The summed E-state index contributed by atoms with van der Waals surface area (Å²) in [5.74, 6) is -0.120. The number of rotatable bonds is 5. The van der Waals surface area contributed by atoms with E-state index in [0.717, 1.165) is 17.8 Å². The number of halogens is 1. The lowest BCUT2D eigenvalue weighted by Gasteiger charge is -2.33. The van der Waals surface area contributed by atoms with E-state index in [1.807, 2.05) is 66.4 Å². The zero-order valence-electron chi connectivity index (χ0n) is 18.5. The van der Waals surface area contributed by atoms with Crippen molar-refractivity contribution in [2.45, 2.75) is 31.1 Å². The summed E-state index contributed by atoms with van der Waals surface area (Å²) < 4.78 is 14.3. The molecule has 32 heavy (non-hydrogen) atoms. The highest BCUT2D eigenvalue weighted by Crippen LogP contribution is 2.28. The topological polar surface area (TPSA) is 67.9 Å². The average Bonchev–Trinajstić information content (AvgIpc) is 3.18. The molecule has 2 aromatic rings. The molecule has 2 saturated heterocycles. The first kappa shape index (κ1) is 22.1. The van der Waals surface area contributed by atoms with Crippen LogP contribution in [0.3, 0.4) is 0 Å². The lowest BCUT2D eigenvalue weighted by molar-refractivity contribution is -0.121. The van der Waals surface area contributed by atoms with Gasteiger partial charge in [0.25, 0.3) is 0 Å². The lowest BCUT2D eigenvalue weighted by atomic mass is 10.0. The number of nitrogens with one attached hydrogen (secondary N) is 2. The molecule has 0 saturated carbocycles. The van der Waals surface area contributed by atoms with Crippen molar-refractivity contribution in [2.24, 2.45) is 0 Å². The molecule has 2 N–H and O–H groups in total. The second-order valence-corrected chi connectivity index (χ2v) is 8.62. The molecule has 0 aliphatic carbocycles. The molecule has 3 atom stereocenters. The number of hydrogen-bond acceptors (Lipinski definition) is 4. The number of piperidine rings is 1. The molecule has 3 amide bonds. The second kappa shape index (κ2) is 9.56. The van der Waals surface area contributed by atoms with Gasteiger partial charge < -0.3 is 25.3 Å². The number of nitrogens with zero attached hydrogens (tertiary/aromatic N) is 3. The van der Waals surface area contributed by atoms with E-state index in [9.17, 15) is 14.0 Å². The van der Waals surface area contributed by atoms with Crippen molar-refractivity contribution in [3.8, 4) is 0 Å². The number of carbonyl (C=O) groups is 2. The Morgan fingerprint density at radius 2 is 1.72 bits per heavy atom. The Labute approximate surface area is 188 Å². The minimum absolute atomic E-state index is 0.118. The van der Waals surface area contributed by atoms with E-state index in [0.29, 0.717) is 31.7 Å². The predicted octanol–water partition coefficient (Wildman–Crippen LogP) is 3.09. The molecule has 0 radical (unpaired) electrons. The van der Waals surface area contributed by atoms with Crippen molar-refractivity contribution in [1.82, 2.24) is 10.2 Å². The molecule has 2 aliphatic rings. The van der Waals surface area contributed by atoms with Gasteiger partial charge in [0, 0.05) is 30.2 Å². The van der Waals surface area contributed by atoms with E-state index in [2.05, 4.69) is 10.6 Å². The second-order valence-electron chi connectivity index (χ2n) is 8.62. The Morgan fingerprint density at radius 1 is 1.03 bits per heavy atom. The number of anilines is 3. The molecule has 4 rings (SSSR count). The molecular weight excluding hydrogens is 409 g/mol. The minimum atomic E-state index is -0.887. The smallest absolute Gasteiger partial charge is 0.319 e. The predicted molar refractivity (Wildman–Crippen MR) is 125 cm³/mol. The van der Waals surface area contributed by atoms with Crippen LogP contribution in [0.1, 0.15) is 12.8 Å². The fourth-order valence-electron chi connectivity index (χ4n) is 4.40. The number of carbonyl (C=O) groups excluding carboxylic acids is 2. The molecule has 8 heteroatoms. The molecule has 0 aromatic heterocycles. The summed E-state index contributed by atoms with van der Waals surface area (Å²) in [4.78, 5) is 31.0. The SMILES string of the molecule is CN(C)C1CN(c2ccc(N3CCC[C@@H](NC(=O)Nc4ccccc4)C3=O)cc2)CC1F. The number of hydrogen-bond donors (Lipinski definition) is 2. The van der Waals surface area contributed by atoms with Gasteiger partial charge in [-0.15, -0.1) is 0 Å². The highest BCUT2D eigenvalue weighted by Gasteiger charge is 2.35. The summed E-state index contributed by atoms with van der Waals surface area (Å²) in [6.07, 6.45) is 0.513. The fourth-order valence-corrected chi connectivity index (χ4v) is 4.40. The first-order valence-electron chi connectivity index (χ1n) is 11.0. The van der Waals surface area contributed by atoms with Gasteiger partial charge in [-0.3, -0.25) is 4.79 Å². The molecule has 2 heterocycles. The summed E-state index contributed by atoms with van der Waals surface area (Å²) in [7, 11) is 3.80. The third-order valence-corrected chi connectivity index (χ3v) is 6.19. The maximum absolute atomic E-state index is 14.3. The molecule has 0 bridgehead atoms. The van der Waals surface area contributed by atoms with E-state index in [1.165, 1.54) is 0 Å². The Kier molecular flexibility index (Phi) is 6.60. The van der Waals surface area contributed by atoms with Crippen molar-refractivity contribution < 1.29 is 14.0 Å². The van der Waals surface area contributed by atoms with Crippen molar-refractivity contribution in [1.29, 1.82) is 0 Å². The first-order valence-corrected chi connectivity index (χ1v) is 11.0. The van der Waals surface area contributed by atoms with Crippen LogP contribution in [0.25, 0.3) is 0 Å². The highest BCUT2D eigenvalue weighted by molar-refractivity contribution is 6.01. The molecule has 0 spiro atoms. The molecule has 7 nitrogen and oxygen atoms in total. The van der Waals surface area contributed by atoms with E-state index in [1.54, 1.807) is 17.0 Å². The number of benzene rings is 2. The number of urea groups is 1. The monoisotopic (exact) mass is 439 g/mol. The van der Waals surface area contributed by atoms with Gasteiger partial charge in [0.2, 0.25) is 5.91 Å². The van der Waals surface area contributed by atoms with Gasteiger partial charge >= 0.3 is 6.03 Å². The maximum atomic E-state index is 14.3. The van der Waals surface area contributed by atoms with E-state index >= 15 is 0 Å². The summed E-state index contributed by atoms with van der Waals surface area (Å²) in [5, 5.41) is 5.56. The third-order valence-electron chi connectivity index (χ3n) is 6.19. The number of para-hydroxylation sites is 1. The number of alkyl halides is 1. The number of amides is 3. The Morgan fingerprint density at radius 3 is 2.38 bits per heavy atom.